The molecule has 0 saturated heterocycles. The van der Waals surface area contributed by atoms with Crippen LogP contribution in [0.1, 0.15) is 16.7 Å². The van der Waals surface area contributed by atoms with Crippen LogP contribution in [0.5, 0.6) is 0 Å². The van der Waals surface area contributed by atoms with Gasteiger partial charge in [0.1, 0.15) is 5.69 Å². The van der Waals surface area contributed by atoms with Gasteiger partial charge in [-0.1, -0.05) is 30.3 Å². The van der Waals surface area contributed by atoms with Gasteiger partial charge in [-0.2, -0.15) is 5.26 Å². The lowest BCUT2D eigenvalue weighted by Crippen LogP contribution is -1.88. The molecule has 0 aliphatic carbocycles. The van der Waals surface area contributed by atoms with Crippen molar-refractivity contribution >= 4 is 5.69 Å². The molecule has 0 aromatic heterocycles. The van der Waals surface area contributed by atoms with Gasteiger partial charge in [0.2, 0.25) is 0 Å². The van der Waals surface area contributed by atoms with Gasteiger partial charge >= 0.3 is 0 Å². The Balaban J connectivity index is 2.25. The molecule has 0 unspecified atom stereocenters. The fraction of sp³-hybridized carbons (Fsp3) is 0.0714. The highest BCUT2D eigenvalue weighted by atomic mass is 16.3. The molecule has 0 fully saturated rings. The molecule has 0 N–H and O–H groups in total. The summed E-state index contributed by atoms with van der Waals surface area (Å²) >= 11 is 0. The van der Waals surface area contributed by atoms with E-state index in [-0.39, 0.29) is 0 Å². The molecule has 0 atom stereocenters. The van der Waals surface area contributed by atoms with Gasteiger partial charge in [0, 0.05) is 0 Å². The quantitative estimate of drug-likeness (QED) is 0.745. The number of hydrogen-bond donors (Lipinski definition) is 0. The van der Waals surface area contributed by atoms with Crippen LogP contribution in [0.3, 0.4) is 0 Å². The molecular weight excluding hydrogens is 212 g/mol. The lowest BCUT2D eigenvalue weighted by Gasteiger charge is -2.03. The predicted molar refractivity (Wildman–Crippen MR) is 65.9 cm³/mol. The van der Waals surface area contributed by atoms with Crippen molar-refractivity contribution in [1.29, 1.82) is 5.26 Å². The van der Waals surface area contributed by atoms with Gasteiger partial charge in [-0.05, 0) is 40.9 Å². The van der Waals surface area contributed by atoms with Gasteiger partial charge < -0.3 is 0 Å². The Kier molecular flexibility index (Phi) is 3.27. The van der Waals surface area contributed by atoms with E-state index in [1.807, 2.05) is 24.3 Å². The average molecular weight is 222 g/mol. The minimum Gasteiger partial charge on any atom is -0.192 e. The molecule has 0 saturated carbocycles. The number of nitriles is 1. The summed E-state index contributed by atoms with van der Waals surface area (Å²) in [5.74, 6) is 0. The number of nitroso groups, excluding NO2 is 1. The molecule has 2 aromatic carbocycles. The van der Waals surface area contributed by atoms with Crippen LogP contribution < -0.4 is 0 Å². The molecule has 3 nitrogen and oxygen atoms in total. The first kappa shape index (κ1) is 11.0. The minimum absolute atomic E-state index is 0.469. The van der Waals surface area contributed by atoms with Gasteiger partial charge in [-0.25, -0.2) is 0 Å². The summed E-state index contributed by atoms with van der Waals surface area (Å²) in [4.78, 5) is 10.6. The zero-order valence-electron chi connectivity index (χ0n) is 9.13. The van der Waals surface area contributed by atoms with Crippen LogP contribution in [0, 0.1) is 16.2 Å². The zero-order valence-corrected chi connectivity index (χ0v) is 9.13. The van der Waals surface area contributed by atoms with Crippen molar-refractivity contribution in [3.05, 3.63) is 70.1 Å². The largest absolute Gasteiger partial charge is 0.192 e. The molecule has 2 aromatic rings. The topological polar surface area (TPSA) is 53.2 Å². The van der Waals surface area contributed by atoms with E-state index in [1.54, 1.807) is 24.3 Å². The summed E-state index contributed by atoms with van der Waals surface area (Å²) in [6.07, 6.45) is 0.646. The van der Waals surface area contributed by atoms with E-state index in [9.17, 15) is 4.91 Å². The van der Waals surface area contributed by atoms with Crippen LogP contribution in [0.4, 0.5) is 5.69 Å². The molecule has 2 rings (SSSR count). The van der Waals surface area contributed by atoms with Gasteiger partial charge in [0.25, 0.3) is 0 Å². The van der Waals surface area contributed by atoms with E-state index in [0.717, 1.165) is 11.1 Å². The van der Waals surface area contributed by atoms with Crippen LogP contribution in [0.2, 0.25) is 0 Å². The monoisotopic (exact) mass is 222 g/mol. The Morgan fingerprint density at radius 3 is 2.41 bits per heavy atom. The molecule has 0 bridgehead atoms. The molecule has 0 spiro atoms. The van der Waals surface area contributed by atoms with Crippen LogP contribution in [-0.4, -0.2) is 0 Å². The Morgan fingerprint density at radius 2 is 1.76 bits per heavy atom. The Morgan fingerprint density at radius 1 is 1.06 bits per heavy atom. The maximum absolute atomic E-state index is 10.6. The van der Waals surface area contributed by atoms with E-state index in [2.05, 4.69) is 11.2 Å². The average Bonchev–Trinajstić information content (AvgIpc) is 2.40. The van der Waals surface area contributed by atoms with Crippen LogP contribution in [-0.2, 0) is 6.42 Å². The van der Waals surface area contributed by atoms with Crippen LogP contribution in [0.25, 0.3) is 0 Å². The van der Waals surface area contributed by atoms with E-state index in [1.165, 1.54) is 0 Å². The number of rotatable bonds is 3. The second kappa shape index (κ2) is 5.04. The first-order valence-corrected chi connectivity index (χ1v) is 5.24. The maximum Gasteiger partial charge on any atom is 0.111 e. The smallest absolute Gasteiger partial charge is 0.111 e. The van der Waals surface area contributed by atoms with Gasteiger partial charge in [0.15, 0.2) is 0 Å². The first-order valence-electron chi connectivity index (χ1n) is 5.24. The summed E-state index contributed by atoms with van der Waals surface area (Å²) in [7, 11) is 0. The zero-order chi connectivity index (χ0) is 12.1. The maximum atomic E-state index is 10.6. The van der Waals surface area contributed by atoms with Crippen LogP contribution >= 0.6 is 0 Å². The number of nitrogens with zero attached hydrogens (tertiary/aromatic N) is 2. The minimum atomic E-state index is 0.469. The molecule has 0 aliphatic rings. The van der Waals surface area contributed by atoms with Crippen molar-refractivity contribution in [2.75, 3.05) is 0 Å². The summed E-state index contributed by atoms with van der Waals surface area (Å²) in [5.41, 5.74) is 3.06. The number of benzene rings is 2. The van der Waals surface area contributed by atoms with Crippen LogP contribution in [0.15, 0.2) is 53.7 Å². The Labute approximate surface area is 99.3 Å². The van der Waals surface area contributed by atoms with Crippen molar-refractivity contribution in [3.8, 4) is 6.07 Å². The van der Waals surface area contributed by atoms with Gasteiger partial charge in [-0.15, -0.1) is 4.91 Å². The molecule has 17 heavy (non-hydrogen) atoms. The van der Waals surface area contributed by atoms with E-state index >= 15 is 0 Å². The highest BCUT2D eigenvalue weighted by Gasteiger charge is 2.03. The molecular formula is C14H10N2O. The highest BCUT2D eigenvalue weighted by molar-refractivity contribution is 5.48. The van der Waals surface area contributed by atoms with Crippen molar-refractivity contribution in [2.24, 2.45) is 5.18 Å². The third-order valence-electron chi connectivity index (χ3n) is 2.57. The summed E-state index contributed by atoms with van der Waals surface area (Å²) in [6.45, 7) is 0. The summed E-state index contributed by atoms with van der Waals surface area (Å²) in [5, 5.41) is 11.7. The highest BCUT2D eigenvalue weighted by Crippen LogP contribution is 2.21. The van der Waals surface area contributed by atoms with Gasteiger partial charge in [0.05, 0.1) is 11.6 Å². The second-order valence-electron chi connectivity index (χ2n) is 3.71. The van der Waals surface area contributed by atoms with Crippen molar-refractivity contribution < 1.29 is 0 Å². The summed E-state index contributed by atoms with van der Waals surface area (Å²) in [6, 6.07) is 16.6. The number of hydrogen-bond acceptors (Lipinski definition) is 3. The van der Waals surface area contributed by atoms with Crippen molar-refractivity contribution in [2.45, 2.75) is 6.42 Å². The Bertz CT molecular complexity index is 568. The molecule has 0 aliphatic heterocycles. The summed E-state index contributed by atoms with van der Waals surface area (Å²) < 4.78 is 0. The Hall–Kier alpha value is -2.47. The van der Waals surface area contributed by atoms with Gasteiger partial charge in [-0.3, -0.25) is 0 Å². The second-order valence-corrected chi connectivity index (χ2v) is 3.71. The fourth-order valence-electron chi connectivity index (χ4n) is 1.67. The standard InChI is InChI=1S/C14H10N2O/c15-10-12-7-5-11(6-8-12)9-13-3-1-2-4-14(13)16-17/h1-8H,9H2. The lowest BCUT2D eigenvalue weighted by molar-refractivity contribution is 1.18. The van der Waals surface area contributed by atoms with E-state index in [0.29, 0.717) is 17.7 Å². The molecule has 0 radical (unpaired) electrons. The molecule has 0 amide bonds. The normalized spacial score (nSPS) is 9.59. The SMILES string of the molecule is N#Cc1ccc(Cc2ccccc2N=O)cc1. The van der Waals surface area contributed by atoms with E-state index in [4.69, 9.17) is 5.26 Å². The molecule has 82 valence electrons. The van der Waals surface area contributed by atoms with E-state index < -0.39 is 0 Å². The van der Waals surface area contributed by atoms with Crippen molar-refractivity contribution in [3.63, 3.8) is 0 Å². The molecule has 0 heterocycles. The fourth-order valence-corrected chi connectivity index (χ4v) is 1.67. The lowest BCUT2D eigenvalue weighted by atomic mass is 10.0. The third kappa shape index (κ3) is 2.56. The first-order chi connectivity index (χ1) is 8.33. The predicted octanol–water partition coefficient (Wildman–Crippen LogP) is 3.55. The van der Waals surface area contributed by atoms with Crippen molar-refractivity contribution in [1.82, 2.24) is 0 Å². The molecule has 3 heteroatoms. The third-order valence-corrected chi connectivity index (χ3v) is 2.57.